The summed E-state index contributed by atoms with van der Waals surface area (Å²) in [6, 6.07) is 13.0. The highest BCUT2D eigenvalue weighted by molar-refractivity contribution is 6.30. The van der Waals surface area contributed by atoms with Gasteiger partial charge < -0.3 is 9.47 Å². The number of carbonyl (C=O) groups excluding carboxylic acids is 1. The molecular weight excluding hydrogens is 416 g/mol. The molecule has 8 heteroatoms. The van der Waals surface area contributed by atoms with Gasteiger partial charge in [-0.05, 0) is 42.3 Å². The van der Waals surface area contributed by atoms with Crippen molar-refractivity contribution in [3.05, 3.63) is 70.5 Å². The van der Waals surface area contributed by atoms with Gasteiger partial charge in [-0.3, -0.25) is 4.79 Å². The third-order valence-corrected chi connectivity index (χ3v) is 5.82. The number of Topliss-reactive ketones (excluding diaryl/α,β-unsaturated/α-hetero) is 1. The molecule has 0 bridgehead atoms. The van der Waals surface area contributed by atoms with Crippen molar-refractivity contribution in [2.75, 3.05) is 14.2 Å². The first-order valence-electron chi connectivity index (χ1n) is 9.83. The molecule has 2 aromatic carbocycles. The number of fused-ring (bicyclic) bond motifs is 2. The van der Waals surface area contributed by atoms with Gasteiger partial charge in [0.2, 0.25) is 0 Å². The molecule has 0 fully saturated rings. The van der Waals surface area contributed by atoms with Crippen LogP contribution in [0, 0.1) is 0 Å². The highest BCUT2D eigenvalue weighted by Gasteiger charge is 2.30. The monoisotopic (exact) mass is 434 g/mol. The highest BCUT2D eigenvalue weighted by Crippen LogP contribution is 2.38. The third kappa shape index (κ3) is 3.51. The van der Waals surface area contributed by atoms with E-state index in [1.54, 1.807) is 37.1 Å². The Labute approximate surface area is 183 Å². The van der Waals surface area contributed by atoms with Crippen molar-refractivity contribution in [2.45, 2.75) is 18.8 Å². The standard InChI is InChI=1S/C23H19ClN4O3/c1-30-16-7-8-17(21(11-16)31-2)14-9-19-18(20(29)10-14)12-28-23(25-19)26-22(27-28)13-3-5-15(24)6-4-13/h3-8,11-12,14H,9-10H2,1-2H3/t14-/m0/s1. The van der Waals surface area contributed by atoms with Gasteiger partial charge in [-0.2, -0.15) is 4.98 Å². The number of hydrogen-bond acceptors (Lipinski definition) is 6. The molecule has 0 saturated carbocycles. The molecule has 1 aliphatic carbocycles. The molecule has 2 heterocycles. The van der Waals surface area contributed by atoms with Crippen molar-refractivity contribution >= 4 is 23.2 Å². The summed E-state index contributed by atoms with van der Waals surface area (Å²) in [7, 11) is 3.23. The van der Waals surface area contributed by atoms with Gasteiger partial charge in [-0.1, -0.05) is 17.7 Å². The van der Waals surface area contributed by atoms with Crippen LogP contribution >= 0.6 is 11.6 Å². The van der Waals surface area contributed by atoms with Gasteiger partial charge >= 0.3 is 0 Å². The van der Waals surface area contributed by atoms with Gasteiger partial charge in [0.15, 0.2) is 11.6 Å². The molecule has 7 nitrogen and oxygen atoms in total. The number of aromatic nitrogens is 4. The summed E-state index contributed by atoms with van der Waals surface area (Å²) in [5, 5.41) is 5.14. The fraction of sp³-hybridized carbons (Fsp3) is 0.217. The lowest BCUT2D eigenvalue weighted by Gasteiger charge is -2.24. The molecular formula is C23H19ClN4O3. The first kappa shape index (κ1) is 19.5. The molecule has 1 atom stereocenters. The lowest BCUT2D eigenvalue weighted by atomic mass is 9.82. The Morgan fingerprint density at radius 1 is 1.03 bits per heavy atom. The second-order valence-corrected chi connectivity index (χ2v) is 7.86. The maximum Gasteiger partial charge on any atom is 0.252 e. The maximum absolute atomic E-state index is 13.0. The molecule has 0 amide bonds. The first-order chi connectivity index (χ1) is 15.1. The number of carbonyl (C=O) groups is 1. The predicted molar refractivity (Wildman–Crippen MR) is 116 cm³/mol. The van der Waals surface area contributed by atoms with Gasteiger partial charge in [0.25, 0.3) is 5.78 Å². The molecule has 2 aromatic heterocycles. The summed E-state index contributed by atoms with van der Waals surface area (Å²) in [6.07, 6.45) is 2.72. The van der Waals surface area contributed by atoms with Gasteiger partial charge in [-0.15, -0.1) is 5.10 Å². The third-order valence-electron chi connectivity index (χ3n) is 5.57. The molecule has 156 valence electrons. The number of benzene rings is 2. The van der Waals surface area contributed by atoms with Gasteiger partial charge in [-0.25, -0.2) is 9.50 Å². The van der Waals surface area contributed by atoms with Crippen LogP contribution in [-0.4, -0.2) is 39.6 Å². The Kier molecular flexibility index (Phi) is 4.82. The fourth-order valence-electron chi connectivity index (χ4n) is 3.98. The second-order valence-electron chi connectivity index (χ2n) is 7.42. The topological polar surface area (TPSA) is 78.6 Å². The zero-order chi connectivity index (χ0) is 21.5. The molecule has 0 radical (unpaired) electrons. The average molecular weight is 435 g/mol. The molecule has 4 aromatic rings. The number of methoxy groups -OCH3 is 2. The van der Waals surface area contributed by atoms with Crippen LogP contribution in [0.25, 0.3) is 17.2 Å². The summed E-state index contributed by atoms with van der Waals surface area (Å²) < 4.78 is 12.4. The smallest absolute Gasteiger partial charge is 0.252 e. The molecule has 0 unspecified atom stereocenters. The maximum atomic E-state index is 13.0. The fourth-order valence-corrected chi connectivity index (χ4v) is 4.11. The highest BCUT2D eigenvalue weighted by atomic mass is 35.5. The lowest BCUT2D eigenvalue weighted by Crippen LogP contribution is -2.21. The molecule has 1 aliphatic rings. The van der Waals surface area contributed by atoms with Crippen molar-refractivity contribution in [2.24, 2.45) is 0 Å². The Morgan fingerprint density at radius 3 is 2.58 bits per heavy atom. The lowest BCUT2D eigenvalue weighted by molar-refractivity contribution is 0.0962. The average Bonchev–Trinajstić information content (AvgIpc) is 3.20. The zero-order valence-electron chi connectivity index (χ0n) is 17.0. The molecule has 0 spiro atoms. The number of halogens is 1. The summed E-state index contributed by atoms with van der Waals surface area (Å²) in [5.74, 6) is 2.40. The van der Waals surface area contributed by atoms with Crippen LogP contribution in [0.5, 0.6) is 11.5 Å². The number of nitrogens with zero attached hydrogens (tertiary/aromatic N) is 4. The van der Waals surface area contributed by atoms with E-state index in [0.29, 0.717) is 46.5 Å². The summed E-state index contributed by atoms with van der Waals surface area (Å²) in [4.78, 5) is 22.2. The van der Waals surface area contributed by atoms with E-state index in [1.165, 1.54) is 0 Å². The number of ether oxygens (including phenoxy) is 2. The van der Waals surface area contributed by atoms with Crippen LogP contribution in [0.1, 0.15) is 34.0 Å². The van der Waals surface area contributed by atoms with E-state index < -0.39 is 0 Å². The first-order valence-corrected chi connectivity index (χ1v) is 10.2. The Bertz CT molecular complexity index is 1300. The van der Waals surface area contributed by atoms with Crippen molar-refractivity contribution < 1.29 is 14.3 Å². The van der Waals surface area contributed by atoms with Crippen molar-refractivity contribution in [3.63, 3.8) is 0 Å². The van der Waals surface area contributed by atoms with Crippen molar-refractivity contribution in [1.29, 1.82) is 0 Å². The van der Waals surface area contributed by atoms with Crippen molar-refractivity contribution in [3.8, 4) is 22.9 Å². The van der Waals surface area contributed by atoms with Crippen LogP contribution in [0.15, 0.2) is 48.7 Å². The van der Waals surface area contributed by atoms with E-state index in [4.69, 9.17) is 21.1 Å². The van der Waals surface area contributed by atoms with E-state index in [1.807, 2.05) is 30.3 Å². The minimum atomic E-state index is -0.0329. The molecule has 0 aliphatic heterocycles. The van der Waals surface area contributed by atoms with Crippen LogP contribution in [0.4, 0.5) is 0 Å². The number of ketones is 1. The molecule has 5 rings (SSSR count). The Morgan fingerprint density at radius 2 is 1.84 bits per heavy atom. The summed E-state index contributed by atoms with van der Waals surface area (Å²) in [6.45, 7) is 0. The number of rotatable bonds is 4. The SMILES string of the molecule is COc1ccc([C@@H]2CC(=O)c3cn4nc(-c5ccc(Cl)cc5)nc4nc3C2)c(OC)c1. The zero-order valence-corrected chi connectivity index (χ0v) is 17.8. The van der Waals surface area contributed by atoms with E-state index in [0.717, 1.165) is 16.8 Å². The molecule has 0 saturated heterocycles. The minimum Gasteiger partial charge on any atom is -0.497 e. The molecule has 31 heavy (non-hydrogen) atoms. The van der Waals surface area contributed by atoms with Crippen LogP contribution in [0.2, 0.25) is 5.02 Å². The van der Waals surface area contributed by atoms with Gasteiger partial charge in [0.05, 0.1) is 25.5 Å². The summed E-state index contributed by atoms with van der Waals surface area (Å²) >= 11 is 5.97. The van der Waals surface area contributed by atoms with Crippen LogP contribution in [-0.2, 0) is 6.42 Å². The summed E-state index contributed by atoms with van der Waals surface area (Å²) in [5.41, 5.74) is 3.11. The van der Waals surface area contributed by atoms with Crippen LogP contribution < -0.4 is 9.47 Å². The Hall–Kier alpha value is -3.45. The van der Waals surface area contributed by atoms with Crippen molar-refractivity contribution in [1.82, 2.24) is 19.6 Å². The quantitative estimate of drug-likeness (QED) is 0.474. The normalized spacial score (nSPS) is 15.7. The van der Waals surface area contributed by atoms with E-state index in [9.17, 15) is 4.79 Å². The van der Waals surface area contributed by atoms with E-state index in [-0.39, 0.29) is 11.7 Å². The largest absolute Gasteiger partial charge is 0.497 e. The van der Waals surface area contributed by atoms with Gasteiger partial charge in [0, 0.05) is 35.2 Å². The van der Waals surface area contributed by atoms with E-state index in [2.05, 4.69) is 15.1 Å². The Balaban J connectivity index is 1.52. The second kappa shape index (κ2) is 7.67. The number of hydrogen-bond donors (Lipinski definition) is 0. The van der Waals surface area contributed by atoms with Crippen LogP contribution in [0.3, 0.4) is 0 Å². The minimum absolute atomic E-state index is 0.0297. The predicted octanol–water partition coefficient (Wildman–Crippen LogP) is 4.37. The molecule has 0 N–H and O–H groups in total. The van der Waals surface area contributed by atoms with E-state index >= 15 is 0 Å². The van der Waals surface area contributed by atoms with Gasteiger partial charge in [0.1, 0.15) is 11.5 Å².